The molecule has 0 N–H and O–H groups in total. The Labute approximate surface area is 103 Å². The molecule has 86 valence electrons. The minimum Gasteiger partial charge on any atom is -0.295 e. The monoisotopic (exact) mass is 246 g/mol. The number of benzene rings is 1. The summed E-state index contributed by atoms with van der Waals surface area (Å²) in [6, 6.07) is 10.3. The van der Waals surface area contributed by atoms with E-state index in [2.05, 4.69) is 0 Å². The van der Waals surface area contributed by atoms with E-state index in [0.29, 0.717) is 0 Å². The molecule has 0 saturated heterocycles. The fourth-order valence-electron chi connectivity index (χ4n) is 1.41. The first kappa shape index (κ1) is 11.7. The molecule has 1 nitrogen and oxygen atoms in total. The number of hydrogen-bond donors (Lipinski definition) is 0. The second-order valence-electron chi connectivity index (χ2n) is 3.65. The highest BCUT2D eigenvalue weighted by atomic mass is 32.1. The molecule has 1 aromatic heterocycles. The van der Waals surface area contributed by atoms with Crippen molar-refractivity contribution in [2.45, 2.75) is 6.92 Å². The van der Waals surface area contributed by atoms with Gasteiger partial charge in [-0.05, 0) is 48.9 Å². The summed E-state index contributed by atoms with van der Waals surface area (Å²) < 4.78 is 12.8. The molecule has 0 radical (unpaired) electrons. The Balaban J connectivity index is 2.23. The number of rotatable bonds is 3. The predicted octanol–water partition coefficient (Wildman–Crippen LogP) is 4.16. The second kappa shape index (κ2) is 5.06. The minimum absolute atomic E-state index is 0.0294. The Morgan fingerprint density at radius 2 is 1.88 bits per heavy atom. The quantitative estimate of drug-likeness (QED) is 0.743. The maximum Gasteiger partial charge on any atom is 0.152 e. The van der Waals surface area contributed by atoms with Crippen LogP contribution in [0.4, 0.5) is 4.39 Å². The van der Waals surface area contributed by atoms with Gasteiger partial charge < -0.3 is 0 Å². The highest BCUT2D eigenvalue weighted by Crippen LogP contribution is 2.28. The third-order valence-electron chi connectivity index (χ3n) is 2.24. The first-order valence-electron chi connectivity index (χ1n) is 5.19. The normalized spacial score (nSPS) is 10.9. The minimum atomic E-state index is -0.234. The van der Waals surface area contributed by atoms with Gasteiger partial charge in [-0.3, -0.25) is 4.79 Å². The van der Waals surface area contributed by atoms with Crippen molar-refractivity contribution in [3.8, 4) is 10.4 Å². The summed E-state index contributed by atoms with van der Waals surface area (Å²) in [6.45, 7) is 1.52. The van der Waals surface area contributed by atoms with Gasteiger partial charge in [0, 0.05) is 9.75 Å². The van der Waals surface area contributed by atoms with Crippen molar-refractivity contribution in [1.82, 2.24) is 0 Å². The van der Waals surface area contributed by atoms with Crippen molar-refractivity contribution >= 4 is 23.2 Å². The van der Waals surface area contributed by atoms with Crippen LogP contribution in [0.2, 0.25) is 0 Å². The molecule has 17 heavy (non-hydrogen) atoms. The first-order chi connectivity index (χ1) is 8.15. The molecule has 0 spiro atoms. The van der Waals surface area contributed by atoms with Crippen LogP contribution in [-0.2, 0) is 4.79 Å². The summed E-state index contributed by atoms with van der Waals surface area (Å²) in [6.07, 6.45) is 3.33. The third kappa shape index (κ3) is 3.11. The van der Waals surface area contributed by atoms with E-state index in [0.717, 1.165) is 15.3 Å². The van der Waals surface area contributed by atoms with E-state index < -0.39 is 0 Å². The fourth-order valence-corrected chi connectivity index (χ4v) is 2.33. The number of halogens is 1. The summed E-state index contributed by atoms with van der Waals surface area (Å²) in [4.78, 5) is 12.9. The molecule has 1 heterocycles. The summed E-state index contributed by atoms with van der Waals surface area (Å²) in [5, 5.41) is 0. The summed E-state index contributed by atoms with van der Waals surface area (Å²) >= 11 is 1.57. The third-order valence-corrected chi connectivity index (χ3v) is 3.34. The lowest BCUT2D eigenvalue weighted by Crippen LogP contribution is -1.77. The lowest BCUT2D eigenvalue weighted by molar-refractivity contribution is -0.112. The van der Waals surface area contributed by atoms with Gasteiger partial charge in [0.15, 0.2) is 5.78 Å². The Hall–Kier alpha value is -1.74. The van der Waals surface area contributed by atoms with E-state index >= 15 is 0 Å². The Morgan fingerprint density at radius 3 is 2.53 bits per heavy atom. The van der Waals surface area contributed by atoms with Crippen LogP contribution >= 0.6 is 11.3 Å². The molecule has 0 fully saturated rings. The van der Waals surface area contributed by atoms with Crippen LogP contribution in [0, 0.1) is 5.82 Å². The zero-order chi connectivity index (χ0) is 12.3. The molecule has 2 aromatic rings. The second-order valence-corrected chi connectivity index (χ2v) is 4.77. The average molecular weight is 246 g/mol. The zero-order valence-corrected chi connectivity index (χ0v) is 10.1. The van der Waals surface area contributed by atoms with Gasteiger partial charge in [0.2, 0.25) is 0 Å². The predicted molar refractivity (Wildman–Crippen MR) is 69.4 cm³/mol. The van der Waals surface area contributed by atoms with Gasteiger partial charge in [0.25, 0.3) is 0 Å². The standard InChI is InChI=1S/C14H11FOS/c1-10(16)2-7-13-8-9-14(17-13)11-3-5-12(15)6-4-11/h2-9H,1H3. The van der Waals surface area contributed by atoms with Gasteiger partial charge in [-0.2, -0.15) is 0 Å². The topological polar surface area (TPSA) is 17.1 Å². The van der Waals surface area contributed by atoms with Crippen LogP contribution in [0.1, 0.15) is 11.8 Å². The van der Waals surface area contributed by atoms with Crippen molar-refractivity contribution in [2.24, 2.45) is 0 Å². The SMILES string of the molecule is CC(=O)C=Cc1ccc(-c2ccc(F)cc2)s1. The van der Waals surface area contributed by atoms with E-state index in [1.807, 2.05) is 12.1 Å². The van der Waals surface area contributed by atoms with Crippen molar-refractivity contribution in [3.05, 3.63) is 53.2 Å². The first-order valence-corrected chi connectivity index (χ1v) is 6.01. The molecular weight excluding hydrogens is 235 g/mol. The van der Waals surface area contributed by atoms with Crippen molar-refractivity contribution in [2.75, 3.05) is 0 Å². The van der Waals surface area contributed by atoms with Crippen molar-refractivity contribution in [3.63, 3.8) is 0 Å². The molecule has 3 heteroatoms. The average Bonchev–Trinajstić information content (AvgIpc) is 2.76. The Kier molecular flexibility index (Phi) is 3.49. The molecular formula is C14H11FOS. The van der Waals surface area contributed by atoms with E-state index in [9.17, 15) is 9.18 Å². The van der Waals surface area contributed by atoms with E-state index in [-0.39, 0.29) is 11.6 Å². The molecule has 0 unspecified atom stereocenters. The van der Waals surface area contributed by atoms with Gasteiger partial charge in [-0.25, -0.2) is 4.39 Å². The summed E-state index contributed by atoms with van der Waals surface area (Å²) in [5.74, 6) is -0.205. The van der Waals surface area contributed by atoms with E-state index in [1.54, 1.807) is 35.6 Å². The Morgan fingerprint density at radius 1 is 1.18 bits per heavy atom. The van der Waals surface area contributed by atoms with Gasteiger partial charge in [-0.15, -0.1) is 11.3 Å². The zero-order valence-electron chi connectivity index (χ0n) is 9.31. The molecule has 1 aromatic carbocycles. The van der Waals surface area contributed by atoms with Crippen LogP contribution in [0.15, 0.2) is 42.5 Å². The fraction of sp³-hybridized carbons (Fsp3) is 0.0714. The smallest absolute Gasteiger partial charge is 0.152 e. The van der Waals surface area contributed by atoms with Crippen LogP contribution in [0.3, 0.4) is 0 Å². The van der Waals surface area contributed by atoms with Crippen LogP contribution in [0.5, 0.6) is 0 Å². The number of ketones is 1. The molecule has 0 aliphatic carbocycles. The Bertz CT molecular complexity index is 552. The maximum atomic E-state index is 12.8. The van der Waals surface area contributed by atoms with Gasteiger partial charge in [0.05, 0.1) is 0 Å². The number of carbonyl (C=O) groups is 1. The van der Waals surface area contributed by atoms with Crippen molar-refractivity contribution < 1.29 is 9.18 Å². The van der Waals surface area contributed by atoms with Gasteiger partial charge in [0.1, 0.15) is 5.82 Å². The molecule has 0 aliphatic heterocycles. The molecule has 2 rings (SSSR count). The molecule has 0 aliphatic rings. The number of carbonyl (C=O) groups excluding carboxylic acids is 1. The van der Waals surface area contributed by atoms with Crippen LogP contribution in [-0.4, -0.2) is 5.78 Å². The highest BCUT2D eigenvalue weighted by molar-refractivity contribution is 7.16. The maximum absolute atomic E-state index is 12.8. The largest absolute Gasteiger partial charge is 0.295 e. The van der Waals surface area contributed by atoms with Crippen LogP contribution < -0.4 is 0 Å². The number of allylic oxidation sites excluding steroid dienone is 1. The van der Waals surface area contributed by atoms with E-state index in [4.69, 9.17) is 0 Å². The lowest BCUT2D eigenvalue weighted by atomic mass is 10.2. The van der Waals surface area contributed by atoms with Gasteiger partial charge >= 0.3 is 0 Å². The molecule has 0 bridgehead atoms. The van der Waals surface area contributed by atoms with Crippen LogP contribution in [0.25, 0.3) is 16.5 Å². The highest BCUT2D eigenvalue weighted by Gasteiger charge is 2.01. The number of thiophene rings is 1. The van der Waals surface area contributed by atoms with Gasteiger partial charge in [-0.1, -0.05) is 12.1 Å². The number of hydrogen-bond acceptors (Lipinski definition) is 2. The molecule has 0 amide bonds. The molecule has 0 saturated carbocycles. The summed E-state index contributed by atoms with van der Waals surface area (Å²) in [7, 11) is 0. The lowest BCUT2D eigenvalue weighted by Gasteiger charge is -1.95. The summed E-state index contributed by atoms with van der Waals surface area (Å²) in [5.41, 5.74) is 0.985. The van der Waals surface area contributed by atoms with E-state index in [1.165, 1.54) is 19.1 Å². The van der Waals surface area contributed by atoms with Crippen molar-refractivity contribution in [1.29, 1.82) is 0 Å². The molecule has 0 atom stereocenters.